The quantitative estimate of drug-likeness (QED) is 0.641. The van der Waals surface area contributed by atoms with Gasteiger partial charge in [0.2, 0.25) is 0 Å². The minimum atomic E-state index is 0.789. The summed E-state index contributed by atoms with van der Waals surface area (Å²) in [5.41, 5.74) is 2.86. The van der Waals surface area contributed by atoms with Crippen molar-refractivity contribution >= 4 is 34.9 Å². The lowest BCUT2D eigenvalue weighted by molar-refractivity contribution is 0.415. The number of methoxy groups -OCH3 is 1. The molecule has 2 aromatic rings. The molecule has 1 saturated heterocycles. The Morgan fingerprint density at radius 1 is 1.00 bits per heavy atom. The molecule has 0 atom stereocenters. The highest BCUT2D eigenvalue weighted by atomic mass is 32.2. The van der Waals surface area contributed by atoms with Crippen molar-refractivity contribution in [3.63, 3.8) is 0 Å². The molecule has 5 heteroatoms. The Hall–Kier alpha value is -1.72. The van der Waals surface area contributed by atoms with Crippen LogP contribution < -0.4 is 4.74 Å². The van der Waals surface area contributed by atoms with Gasteiger partial charge in [-0.25, -0.2) is 0 Å². The van der Waals surface area contributed by atoms with Gasteiger partial charge in [0, 0.05) is 11.6 Å². The fourth-order valence-corrected chi connectivity index (χ4v) is 4.71. The third-order valence-electron chi connectivity index (χ3n) is 3.31. The van der Waals surface area contributed by atoms with Crippen LogP contribution in [0.25, 0.3) is 5.70 Å². The Balaban J connectivity index is 1.94. The molecule has 3 rings (SSSR count). The molecular formula is C18H18N2OS2. The van der Waals surface area contributed by atoms with E-state index >= 15 is 0 Å². The zero-order valence-corrected chi connectivity index (χ0v) is 14.6. The normalized spacial score (nSPS) is 14.9. The van der Waals surface area contributed by atoms with Crippen molar-refractivity contribution in [3.8, 4) is 5.75 Å². The van der Waals surface area contributed by atoms with Crippen LogP contribution in [0.4, 0.5) is 5.69 Å². The minimum Gasteiger partial charge on any atom is -0.497 e. The Bertz CT molecular complexity index is 706. The molecule has 0 aliphatic carbocycles. The molecule has 1 aliphatic rings. The summed E-state index contributed by atoms with van der Waals surface area (Å²) in [6.45, 7) is 0. The maximum absolute atomic E-state index is 5.24. The van der Waals surface area contributed by atoms with Crippen molar-refractivity contribution in [2.24, 2.45) is 10.2 Å². The number of azo groups is 1. The van der Waals surface area contributed by atoms with Gasteiger partial charge < -0.3 is 4.74 Å². The van der Waals surface area contributed by atoms with E-state index in [9.17, 15) is 0 Å². The fourth-order valence-electron chi connectivity index (χ4n) is 2.16. The molecule has 0 aromatic heterocycles. The molecule has 1 heterocycles. The summed E-state index contributed by atoms with van der Waals surface area (Å²) in [4.78, 5) is 0. The summed E-state index contributed by atoms with van der Waals surface area (Å²) in [6, 6.07) is 17.9. The van der Waals surface area contributed by atoms with E-state index in [1.54, 1.807) is 7.11 Å². The molecule has 0 saturated carbocycles. The average Bonchev–Trinajstić information content (AvgIpc) is 2.64. The van der Waals surface area contributed by atoms with Crippen LogP contribution >= 0.6 is 23.5 Å². The molecule has 0 radical (unpaired) electrons. The van der Waals surface area contributed by atoms with Gasteiger partial charge >= 0.3 is 0 Å². The van der Waals surface area contributed by atoms with Crippen LogP contribution in [-0.4, -0.2) is 18.6 Å². The maximum atomic E-state index is 5.24. The number of hydrogen-bond acceptors (Lipinski definition) is 5. The standard InChI is InChI=1S/C18H18N2OS2/c1-21-16-10-5-9-15(13-16)19-20-17(14-7-3-2-4-8-14)18-22-11-6-12-23-18/h2-5,7-10,13H,6,11-12H2,1H3. The summed E-state index contributed by atoms with van der Waals surface area (Å²) >= 11 is 3.75. The molecule has 118 valence electrons. The minimum absolute atomic E-state index is 0.789. The van der Waals surface area contributed by atoms with Crippen molar-refractivity contribution < 1.29 is 4.74 Å². The first kappa shape index (κ1) is 16.1. The molecule has 0 bridgehead atoms. The molecule has 2 aromatic carbocycles. The van der Waals surface area contributed by atoms with E-state index in [4.69, 9.17) is 4.74 Å². The van der Waals surface area contributed by atoms with E-state index in [1.165, 1.54) is 10.7 Å². The van der Waals surface area contributed by atoms with Gasteiger partial charge in [-0.1, -0.05) is 36.4 Å². The predicted molar refractivity (Wildman–Crippen MR) is 100 cm³/mol. The van der Waals surface area contributed by atoms with Crippen LogP contribution in [0.15, 0.2) is 69.1 Å². The topological polar surface area (TPSA) is 34.0 Å². The van der Waals surface area contributed by atoms with E-state index in [1.807, 2.05) is 66.0 Å². The van der Waals surface area contributed by atoms with E-state index in [0.29, 0.717) is 0 Å². The molecule has 1 aliphatic heterocycles. The highest BCUT2D eigenvalue weighted by Crippen LogP contribution is 2.41. The number of rotatable bonds is 4. The highest BCUT2D eigenvalue weighted by Gasteiger charge is 2.14. The second kappa shape index (κ2) is 8.22. The molecule has 0 amide bonds. The molecule has 0 N–H and O–H groups in total. The lowest BCUT2D eigenvalue weighted by Gasteiger charge is -2.15. The number of nitrogens with zero attached hydrogens (tertiary/aromatic N) is 2. The Morgan fingerprint density at radius 3 is 2.52 bits per heavy atom. The van der Waals surface area contributed by atoms with Gasteiger partial charge in [-0.05, 0) is 30.1 Å². The predicted octanol–water partition coefficient (Wildman–Crippen LogP) is 5.98. The SMILES string of the molecule is COc1cccc(N=NC(=C2SCCCS2)c2ccccc2)c1. The number of thioether (sulfide) groups is 2. The zero-order chi connectivity index (χ0) is 15.9. The van der Waals surface area contributed by atoms with Crippen LogP contribution in [0, 0.1) is 0 Å². The second-order valence-corrected chi connectivity index (χ2v) is 7.42. The Labute approximate surface area is 145 Å². The molecule has 3 nitrogen and oxygen atoms in total. The molecular weight excluding hydrogens is 324 g/mol. The first-order valence-electron chi connectivity index (χ1n) is 7.48. The van der Waals surface area contributed by atoms with Gasteiger partial charge in [0.25, 0.3) is 0 Å². The van der Waals surface area contributed by atoms with Crippen molar-refractivity contribution in [1.82, 2.24) is 0 Å². The largest absolute Gasteiger partial charge is 0.497 e. The van der Waals surface area contributed by atoms with Crippen LogP contribution in [-0.2, 0) is 0 Å². The zero-order valence-electron chi connectivity index (χ0n) is 12.9. The monoisotopic (exact) mass is 342 g/mol. The van der Waals surface area contributed by atoms with Crippen molar-refractivity contribution in [2.75, 3.05) is 18.6 Å². The Kier molecular flexibility index (Phi) is 5.77. The maximum Gasteiger partial charge on any atom is 0.121 e. The van der Waals surface area contributed by atoms with Gasteiger partial charge in [0.1, 0.15) is 11.4 Å². The van der Waals surface area contributed by atoms with Crippen molar-refractivity contribution in [1.29, 1.82) is 0 Å². The fraction of sp³-hybridized carbons (Fsp3) is 0.222. The van der Waals surface area contributed by atoms with Gasteiger partial charge in [0.15, 0.2) is 0 Å². The molecule has 0 spiro atoms. The highest BCUT2D eigenvalue weighted by molar-refractivity contribution is 8.23. The summed E-state index contributed by atoms with van der Waals surface area (Å²) in [7, 11) is 1.66. The van der Waals surface area contributed by atoms with Gasteiger partial charge in [0.05, 0.1) is 17.0 Å². The number of ether oxygens (including phenoxy) is 1. The molecule has 1 fully saturated rings. The van der Waals surface area contributed by atoms with Crippen LogP contribution in [0.5, 0.6) is 5.75 Å². The first-order valence-corrected chi connectivity index (χ1v) is 9.45. The van der Waals surface area contributed by atoms with Gasteiger partial charge in [-0.2, -0.15) is 5.11 Å². The number of hydrogen-bond donors (Lipinski definition) is 0. The lowest BCUT2D eigenvalue weighted by atomic mass is 10.2. The third-order valence-corrected chi connectivity index (χ3v) is 5.92. The lowest BCUT2D eigenvalue weighted by Crippen LogP contribution is -1.94. The second-order valence-electron chi connectivity index (χ2n) is 4.95. The Morgan fingerprint density at radius 2 is 1.78 bits per heavy atom. The van der Waals surface area contributed by atoms with E-state index < -0.39 is 0 Å². The average molecular weight is 342 g/mol. The number of benzene rings is 2. The van der Waals surface area contributed by atoms with Crippen molar-refractivity contribution in [2.45, 2.75) is 6.42 Å². The summed E-state index contributed by atoms with van der Waals surface area (Å²) in [6.07, 6.45) is 1.24. The van der Waals surface area contributed by atoms with E-state index in [0.717, 1.165) is 34.2 Å². The summed E-state index contributed by atoms with van der Waals surface area (Å²) in [5.74, 6) is 3.08. The van der Waals surface area contributed by atoms with Crippen molar-refractivity contribution in [3.05, 3.63) is 64.4 Å². The molecule has 23 heavy (non-hydrogen) atoms. The summed E-state index contributed by atoms with van der Waals surface area (Å²) in [5, 5.41) is 9.00. The molecule has 0 unspecified atom stereocenters. The van der Waals surface area contributed by atoms with Gasteiger partial charge in [-0.15, -0.1) is 28.6 Å². The van der Waals surface area contributed by atoms with Gasteiger partial charge in [-0.3, -0.25) is 0 Å². The first-order chi connectivity index (χ1) is 11.4. The third kappa shape index (κ3) is 4.39. The van der Waals surface area contributed by atoms with E-state index in [2.05, 4.69) is 22.4 Å². The van der Waals surface area contributed by atoms with E-state index in [-0.39, 0.29) is 0 Å². The van der Waals surface area contributed by atoms with Crippen LogP contribution in [0.3, 0.4) is 0 Å². The smallest absolute Gasteiger partial charge is 0.121 e. The van der Waals surface area contributed by atoms with Crippen LogP contribution in [0.2, 0.25) is 0 Å². The van der Waals surface area contributed by atoms with Crippen LogP contribution in [0.1, 0.15) is 12.0 Å². The summed E-state index contributed by atoms with van der Waals surface area (Å²) < 4.78 is 6.50.